The van der Waals surface area contributed by atoms with E-state index in [9.17, 15) is 0 Å². The highest BCUT2D eigenvalue weighted by Gasteiger charge is 2.18. The van der Waals surface area contributed by atoms with Gasteiger partial charge in [0.05, 0.1) is 0 Å². The van der Waals surface area contributed by atoms with Gasteiger partial charge in [0.2, 0.25) is 0 Å². The maximum atomic E-state index is 3.42. The highest BCUT2D eigenvalue weighted by Crippen LogP contribution is 2.26. The maximum Gasteiger partial charge on any atom is 0.00207 e. The first-order chi connectivity index (χ1) is 6.29. The normalized spacial score (nSPS) is 22.2. The fraction of sp³-hybridized carbons (Fsp3) is 0.500. The van der Waals surface area contributed by atoms with Crippen molar-refractivity contribution in [3.8, 4) is 0 Å². The molecule has 1 nitrogen and oxygen atoms in total. The lowest BCUT2D eigenvalue weighted by atomic mass is 9.92. The first kappa shape index (κ1) is 8.76. The zero-order valence-corrected chi connectivity index (χ0v) is 8.43. The lowest BCUT2D eigenvalue weighted by Crippen LogP contribution is -2.09. The van der Waals surface area contributed by atoms with Crippen LogP contribution in [0.4, 0.5) is 0 Å². The Bertz CT molecular complexity index is 298. The summed E-state index contributed by atoms with van der Waals surface area (Å²) in [6, 6.07) is 6.65. The summed E-state index contributed by atoms with van der Waals surface area (Å²) in [6.45, 7) is 6.77. The molecule has 1 aromatic rings. The topological polar surface area (TPSA) is 12.0 Å². The minimum Gasteiger partial charge on any atom is -0.316 e. The second-order valence-electron chi connectivity index (χ2n) is 3.98. The van der Waals surface area contributed by atoms with E-state index in [0.29, 0.717) is 0 Å². The van der Waals surface area contributed by atoms with Crippen molar-refractivity contribution < 1.29 is 0 Å². The van der Waals surface area contributed by atoms with E-state index in [1.165, 1.54) is 24.1 Å². The van der Waals surface area contributed by atoms with Gasteiger partial charge in [-0.05, 0) is 49.4 Å². The Labute approximate surface area is 80.2 Å². The summed E-state index contributed by atoms with van der Waals surface area (Å²) in [6.07, 6.45) is 1.30. The van der Waals surface area contributed by atoms with Gasteiger partial charge in [-0.25, -0.2) is 0 Å². The van der Waals surface area contributed by atoms with Crippen LogP contribution in [0.3, 0.4) is 0 Å². The van der Waals surface area contributed by atoms with E-state index in [0.717, 1.165) is 12.5 Å². The van der Waals surface area contributed by atoms with Crippen molar-refractivity contribution in [2.75, 3.05) is 13.1 Å². The lowest BCUT2D eigenvalue weighted by Gasteiger charge is -2.13. The third-order valence-electron chi connectivity index (χ3n) is 3.15. The summed E-state index contributed by atoms with van der Waals surface area (Å²) in [4.78, 5) is 0. The predicted molar refractivity (Wildman–Crippen MR) is 56.1 cm³/mol. The van der Waals surface area contributed by atoms with Crippen LogP contribution < -0.4 is 5.32 Å². The van der Waals surface area contributed by atoms with Gasteiger partial charge in [-0.15, -0.1) is 0 Å². The van der Waals surface area contributed by atoms with Crippen molar-refractivity contribution in [2.24, 2.45) is 0 Å². The van der Waals surface area contributed by atoms with Crippen LogP contribution in [0.5, 0.6) is 0 Å². The molecule has 1 aliphatic heterocycles. The Morgan fingerprint density at radius 1 is 1.31 bits per heavy atom. The van der Waals surface area contributed by atoms with Crippen LogP contribution in [-0.2, 0) is 0 Å². The zero-order valence-electron chi connectivity index (χ0n) is 8.43. The largest absolute Gasteiger partial charge is 0.316 e. The van der Waals surface area contributed by atoms with Crippen LogP contribution in [0.15, 0.2) is 18.2 Å². The van der Waals surface area contributed by atoms with Crippen LogP contribution >= 0.6 is 0 Å². The quantitative estimate of drug-likeness (QED) is 0.691. The fourth-order valence-corrected chi connectivity index (χ4v) is 2.14. The molecule has 0 spiro atoms. The highest BCUT2D eigenvalue weighted by atomic mass is 14.9. The van der Waals surface area contributed by atoms with E-state index < -0.39 is 0 Å². The maximum absolute atomic E-state index is 3.42. The lowest BCUT2D eigenvalue weighted by molar-refractivity contribution is 0.756. The van der Waals surface area contributed by atoms with Crippen molar-refractivity contribution in [3.05, 3.63) is 34.9 Å². The van der Waals surface area contributed by atoms with Crippen LogP contribution in [0.2, 0.25) is 0 Å². The predicted octanol–water partition coefficient (Wildman–Crippen LogP) is 2.38. The van der Waals surface area contributed by atoms with E-state index in [1.54, 1.807) is 5.56 Å². The molecule has 1 unspecified atom stereocenters. The molecule has 13 heavy (non-hydrogen) atoms. The van der Waals surface area contributed by atoms with Gasteiger partial charge >= 0.3 is 0 Å². The molecule has 0 amide bonds. The molecule has 1 heteroatoms. The fourth-order valence-electron chi connectivity index (χ4n) is 2.14. The molecule has 1 aromatic carbocycles. The van der Waals surface area contributed by atoms with Crippen molar-refractivity contribution in [1.29, 1.82) is 0 Å². The minimum atomic E-state index is 0.750. The van der Waals surface area contributed by atoms with Gasteiger partial charge in [0, 0.05) is 6.54 Å². The van der Waals surface area contributed by atoms with Crippen molar-refractivity contribution in [1.82, 2.24) is 5.32 Å². The molecular weight excluding hydrogens is 158 g/mol. The van der Waals surface area contributed by atoms with Crippen LogP contribution in [0.1, 0.15) is 29.0 Å². The average molecular weight is 175 g/mol. The summed E-state index contributed by atoms with van der Waals surface area (Å²) >= 11 is 0. The first-order valence-electron chi connectivity index (χ1n) is 5.06. The third-order valence-corrected chi connectivity index (χ3v) is 3.15. The number of benzene rings is 1. The first-order valence-corrected chi connectivity index (χ1v) is 5.06. The summed E-state index contributed by atoms with van der Waals surface area (Å²) < 4.78 is 0. The van der Waals surface area contributed by atoms with E-state index in [-0.39, 0.29) is 0 Å². The Morgan fingerprint density at radius 2 is 2.15 bits per heavy atom. The Kier molecular flexibility index (Phi) is 2.36. The average Bonchev–Trinajstić information content (AvgIpc) is 2.62. The van der Waals surface area contributed by atoms with E-state index in [4.69, 9.17) is 0 Å². The molecule has 0 aromatic heterocycles. The summed E-state index contributed by atoms with van der Waals surface area (Å²) in [7, 11) is 0. The van der Waals surface area contributed by atoms with Crippen molar-refractivity contribution >= 4 is 0 Å². The Morgan fingerprint density at radius 3 is 2.85 bits per heavy atom. The molecule has 70 valence electrons. The second-order valence-corrected chi connectivity index (χ2v) is 3.98. The highest BCUT2D eigenvalue weighted by molar-refractivity contribution is 5.36. The molecule has 1 N–H and O–H groups in total. The van der Waals surface area contributed by atoms with Crippen LogP contribution in [-0.4, -0.2) is 13.1 Å². The van der Waals surface area contributed by atoms with E-state index in [2.05, 4.69) is 37.4 Å². The monoisotopic (exact) mass is 175 g/mol. The second kappa shape index (κ2) is 3.51. The van der Waals surface area contributed by atoms with Gasteiger partial charge in [0.15, 0.2) is 0 Å². The summed E-state index contributed by atoms with van der Waals surface area (Å²) in [5, 5.41) is 3.42. The van der Waals surface area contributed by atoms with Crippen molar-refractivity contribution in [3.63, 3.8) is 0 Å². The number of hydrogen-bond acceptors (Lipinski definition) is 1. The van der Waals surface area contributed by atoms with Crippen LogP contribution in [0, 0.1) is 13.8 Å². The van der Waals surface area contributed by atoms with Gasteiger partial charge in [-0.3, -0.25) is 0 Å². The molecule has 1 atom stereocenters. The number of aryl methyl sites for hydroxylation is 1. The molecular formula is C12H17N. The van der Waals surface area contributed by atoms with Crippen LogP contribution in [0.25, 0.3) is 0 Å². The number of rotatable bonds is 1. The molecule has 1 saturated heterocycles. The van der Waals surface area contributed by atoms with Gasteiger partial charge in [-0.1, -0.05) is 18.2 Å². The number of nitrogens with one attached hydrogen (secondary N) is 1. The zero-order chi connectivity index (χ0) is 9.26. The summed E-state index contributed by atoms with van der Waals surface area (Å²) in [5.74, 6) is 0.750. The Hall–Kier alpha value is -0.820. The molecule has 0 radical (unpaired) electrons. The van der Waals surface area contributed by atoms with Gasteiger partial charge in [-0.2, -0.15) is 0 Å². The number of hydrogen-bond donors (Lipinski definition) is 1. The summed E-state index contributed by atoms with van der Waals surface area (Å²) in [5.41, 5.74) is 4.45. The molecule has 0 bridgehead atoms. The third kappa shape index (κ3) is 1.61. The molecule has 2 rings (SSSR count). The van der Waals surface area contributed by atoms with Gasteiger partial charge in [0.25, 0.3) is 0 Å². The smallest absolute Gasteiger partial charge is 0.00207 e. The molecule has 1 fully saturated rings. The molecule has 1 aliphatic rings. The SMILES string of the molecule is Cc1cccc(C2CCNC2)c1C. The van der Waals surface area contributed by atoms with E-state index in [1.807, 2.05) is 0 Å². The van der Waals surface area contributed by atoms with E-state index >= 15 is 0 Å². The van der Waals surface area contributed by atoms with Gasteiger partial charge < -0.3 is 5.32 Å². The molecule has 0 aliphatic carbocycles. The Balaban J connectivity index is 2.33. The van der Waals surface area contributed by atoms with Crippen molar-refractivity contribution in [2.45, 2.75) is 26.2 Å². The molecule has 0 saturated carbocycles. The molecule has 1 heterocycles. The standard InChI is InChI=1S/C12H17N/c1-9-4-3-5-12(10(9)2)11-6-7-13-8-11/h3-5,11,13H,6-8H2,1-2H3. The minimum absolute atomic E-state index is 0.750. The van der Waals surface area contributed by atoms with Gasteiger partial charge in [0.1, 0.15) is 0 Å².